The number of carbonyl (C=O) groups is 1. The maximum absolute atomic E-state index is 12.6. The number of rotatable bonds is 6. The molecule has 2 N–H and O–H groups in total. The lowest BCUT2D eigenvalue weighted by Crippen LogP contribution is -2.50. The van der Waals surface area contributed by atoms with Gasteiger partial charge in [-0.2, -0.15) is 0 Å². The van der Waals surface area contributed by atoms with Crippen LogP contribution in [0.1, 0.15) is 6.92 Å². The van der Waals surface area contributed by atoms with Crippen LogP contribution in [0, 0.1) is 0 Å². The van der Waals surface area contributed by atoms with E-state index in [1.165, 1.54) is 0 Å². The summed E-state index contributed by atoms with van der Waals surface area (Å²) in [6, 6.07) is 14.9. The first-order chi connectivity index (χ1) is 15.2. The van der Waals surface area contributed by atoms with E-state index in [-0.39, 0.29) is 6.03 Å². The van der Waals surface area contributed by atoms with E-state index < -0.39 is 0 Å². The second-order valence-electron chi connectivity index (χ2n) is 7.00. The Hall–Kier alpha value is -3.88. The predicted octanol–water partition coefficient (Wildman–Crippen LogP) is 3.37. The van der Waals surface area contributed by atoms with Crippen LogP contribution in [0.2, 0.25) is 0 Å². The van der Waals surface area contributed by atoms with Gasteiger partial charge in [-0.1, -0.05) is 0 Å². The molecule has 1 aromatic carbocycles. The van der Waals surface area contributed by atoms with Gasteiger partial charge in [-0.3, -0.25) is 4.98 Å². The number of benzene rings is 1. The Bertz CT molecular complexity index is 973. The standard InChI is InChI=1S/C22H25N7O2/c1-2-31-19-5-3-17(4-6-19)25-22(30)29-15-13-28(14-16-29)21-8-7-20(26-27-21)24-18-9-11-23-12-10-18/h3-12H,2,13-16H2,1H3,(H,25,30)(H,23,24,26). The molecular weight excluding hydrogens is 394 g/mol. The zero-order valence-corrected chi connectivity index (χ0v) is 17.4. The molecule has 4 rings (SSSR count). The fourth-order valence-electron chi connectivity index (χ4n) is 3.29. The number of piperazine rings is 1. The monoisotopic (exact) mass is 419 g/mol. The Balaban J connectivity index is 1.27. The summed E-state index contributed by atoms with van der Waals surface area (Å²) >= 11 is 0. The summed E-state index contributed by atoms with van der Waals surface area (Å²) in [5, 5.41) is 14.7. The van der Waals surface area contributed by atoms with Gasteiger partial charge in [0.1, 0.15) is 5.75 Å². The molecule has 1 fully saturated rings. The number of nitrogens with zero attached hydrogens (tertiary/aromatic N) is 5. The zero-order chi connectivity index (χ0) is 21.5. The number of nitrogens with one attached hydrogen (secondary N) is 2. The largest absolute Gasteiger partial charge is 0.494 e. The van der Waals surface area contributed by atoms with Gasteiger partial charge in [-0.05, 0) is 55.5 Å². The van der Waals surface area contributed by atoms with Crippen molar-refractivity contribution < 1.29 is 9.53 Å². The Morgan fingerprint density at radius 1 is 0.935 bits per heavy atom. The van der Waals surface area contributed by atoms with E-state index in [4.69, 9.17) is 4.74 Å². The van der Waals surface area contributed by atoms with Gasteiger partial charge >= 0.3 is 6.03 Å². The number of urea groups is 1. The van der Waals surface area contributed by atoms with Crippen molar-refractivity contribution in [3.63, 3.8) is 0 Å². The summed E-state index contributed by atoms with van der Waals surface area (Å²) < 4.78 is 5.43. The maximum atomic E-state index is 12.6. The minimum Gasteiger partial charge on any atom is -0.494 e. The highest BCUT2D eigenvalue weighted by atomic mass is 16.5. The molecule has 0 saturated carbocycles. The van der Waals surface area contributed by atoms with Gasteiger partial charge in [0.05, 0.1) is 6.61 Å². The third kappa shape index (κ3) is 5.39. The van der Waals surface area contributed by atoms with E-state index >= 15 is 0 Å². The van der Waals surface area contributed by atoms with Gasteiger partial charge in [0.25, 0.3) is 0 Å². The Labute approximate surface area is 181 Å². The van der Waals surface area contributed by atoms with E-state index in [0.717, 1.165) is 22.9 Å². The second-order valence-corrected chi connectivity index (χ2v) is 7.00. The van der Waals surface area contributed by atoms with Crippen LogP contribution in [0.4, 0.5) is 27.8 Å². The minimum atomic E-state index is -0.105. The third-order valence-electron chi connectivity index (χ3n) is 4.91. The normalized spacial score (nSPS) is 13.6. The molecule has 9 nitrogen and oxygen atoms in total. The summed E-state index contributed by atoms with van der Waals surface area (Å²) in [4.78, 5) is 20.5. The van der Waals surface area contributed by atoms with Crippen LogP contribution in [0.25, 0.3) is 0 Å². The van der Waals surface area contributed by atoms with Crippen molar-refractivity contribution in [2.45, 2.75) is 6.92 Å². The van der Waals surface area contributed by atoms with Crippen LogP contribution in [0.5, 0.6) is 5.75 Å². The highest BCUT2D eigenvalue weighted by Gasteiger charge is 2.22. The summed E-state index contributed by atoms with van der Waals surface area (Å²) in [5.41, 5.74) is 1.66. The topological polar surface area (TPSA) is 95.5 Å². The van der Waals surface area contributed by atoms with Gasteiger partial charge in [0.2, 0.25) is 0 Å². The lowest BCUT2D eigenvalue weighted by Gasteiger charge is -2.35. The van der Waals surface area contributed by atoms with Crippen LogP contribution in [0.3, 0.4) is 0 Å². The van der Waals surface area contributed by atoms with Gasteiger partial charge in [0.15, 0.2) is 11.6 Å². The van der Waals surface area contributed by atoms with Crippen LogP contribution >= 0.6 is 0 Å². The average Bonchev–Trinajstić information content (AvgIpc) is 2.82. The van der Waals surface area contributed by atoms with Crippen LogP contribution in [-0.4, -0.2) is 58.9 Å². The molecule has 0 radical (unpaired) electrons. The highest BCUT2D eigenvalue weighted by Crippen LogP contribution is 2.19. The zero-order valence-electron chi connectivity index (χ0n) is 17.4. The number of pyridine rings is 1. The summed E-state index contributed by atoms with van der Waals surface area (Å²) in [6.07, 6.45) is 3.44. The van der Waals surface area contributed by atoms with E-state index in [1.54, 1.807) is 17.3 Å². The molecule has 160 valence electrons. The molecule has 3 heterocycles. The first-order valence-corrected chi connectivity index (χ1v) is 10.3. The minimum absolute atomic E-state index is 0.105. The number of aromatic nitrogens is 3. The fourth-order valence-corrected chi connectivity index (χ4v) is 3.29. The lowest BCUT2D eigenvalue weighted by molar-refractivity contribution is 0.208. The van der Waals surface area contributed by atoms with Crippen LogP contribution < -0.4 is 20.3 Å². The predicted molar refractivity (Wildman–Crippen MR) is 120 cm³/mol. The third-order valence-corrected chi connectivity index (χ3v) is 4.91. The number of ether oxygens (including phenoxy) is 1. The Morgan fingerprint density at radius 2 is 1.68 bits per heavy atom. The first-order valence-electron chi connectivity index (χ1n) is 10.3. The van der Waals surface area contributed by atoms with E-state index in [0.29, 0.717) is 38.6 Å². The van der Waals surface area contributed by atoms with Crippen LogP contribution in [0.15, 0.2) is 60.9 Å². The number of anilines is 4. The van der Waals surface area contributed by atoms with Crippen molar-refractivity contribution >= 4 is 29.0 Å². The van der Waals surface area contributed by atoms with Crippen molar-refractivity contribution in [1.82, 2.24) is 20.1 Å². The Morgan fingerprint density at radius 3 is 2.32 bits per heavy atom. The molecule has 0 unspecified atom stereocenters. The highest BCUT2D eigenvalue weighted by molar-refractivity contribution is 5.89. The quantitative estimate of drug-likeness (QED) is 0.632. The van der Waals surface area contributed by atoms with Gasteiger partial charge in [-0.15, -0.1) is 10.2 Å². The molecule has 9 heteroatoms. The number of hydrogen-bond donors (Lipinski definition) is 2. The molecule has 0 bridgehead atoms. The molecule has 2 amide bonds. The van der Waals surface area contributed by atoms with Gasteiger partial charge in [0, 0.05) is 49.9 Å². The van der Waals surface area contributed by atoms with E-state index in [9.17, 15) is 4.79 Å². The summed E-state index contributed by atoms with van der Waals surface area (Å²) in [6.45, 7) is 5.17. The molecule has 0 atom stereocenters. The molecule has 1 aliphatic heterocycles. The van der Waals surface area contributed by atoms with Gasteiger partial charge in [-0.25, -0.2) is 4.79 Å². The molecule has 2 aromatic heterocycles. The fraction of sp³-hybridized carbons (Fsp3) is 0.273. The SMILES string of the molecule is CCOc1ccc(NC(=O)N2CCN(c3ccc(Nc4ccncc4)nn3)CC2)cc1. The molecule has 0 aliphatic carbocycles. The molecule has 1 aliphatic rings. The summed E-state index contributed by atoms with van der Waals surface area (Å²) in [5.74, 6) is 2.26. The molecule has 31 heavy (non-hydrogen) atoms. The molecule has 1 saturated heterocycles. The summed E-state index contributed by atoms with van der Waals surface area (Å²) in [7, 11) is 0. The maximum Gasteiger partial charge on any atom is 0.321 e. The number of hydrogen-bond acceptors (Lipinski definition) is 7. The van der Waals surface area contributed by atoms with E-state index in [1.807, 2.05) is 55.5 Å². The van der Waals surface area contributed by atoms with Crippen molar-refractivity contribution in [2.24, 2.45) is 0 Å². The molecule has 3 aromatic rings. The van der Waals surface area contributed by atoms with Crippen molar-refractivity contribution in [1.29, 1.82) is 0 Å². The number of amides is 2. The van der Waals surface area contributed by atoms with Gasteiger partial charge < -0.3 is 25.2 Å². The lowest BCUT2D eigenvalue weighted by atomic mass is 10.3. The van der Waals surface area contributed by atoms with Crippen molar-refractivity contribution in [2.75, 3.05) is 48.3 Å². The van der Waals surface area contributed by atoms with Crippen molar-refractivity contribution in [3.05, 3.63) is 60.9 Å². The molecule has 0 spiro atoms. The Kier molecular flexibility index (Phi) is 6.41. The second kappa shape index (κ2) is 9.75. The smallest absolute Gasteiger partial charge is 0.321 e. The molecular formula is C22H25N7O2. The van der Waals surface area contributed by atoms with E-state index in [2.05, 4.69) is 30.7 Å². The number of carbonyl (C=O) groups excluding carboxylic acids is 1. The first kappa shape index (κ1) is 20.4. The van der Waals surface area contributed by atoms with Crippen molar-refractivity contribution in [3.8, 4) is 5.75 Å². The average molecular weight is 419 g/mol. The van der Waals surface area contributed by atoms with Crippen LogP contribution in [-0.2, 0) is 0 Å².